The Morgan fingerprint density at radius 1 is 1.23 bits per heavy atom. The molecule has 10 nitrogen and oxygen atoms in total. The van der Waals surface area contributed by atoms with Crippen LogP contribution in [0.25, 0.3) is 11.0 Å². The highest BCUT2D eigenvalue weighted by Crippen LogP contribution is 2.29. The first-order chi connectivity index (χ1) is 14.6. The van der Waals surface area contributed by atoms with Crippen molar-refractivity contribution in [1.29, 1.82) is 0 Å². The molecule has 168 valence electrons. The van der Waals surface area contributed by atoms with Gasteiger partial charge in [-0.1, -0.05) is 0 Å². The second-order valence-corrected chi connectivity index (χ2v) is 7.15. The number of carbonyl (C=O) groups is 3. The maximum atomic E-state index is 12.5. The average molecular weight is 433 g/mol. The first-order valence-corrected chi connectivity index (χ1v) is 9.81. The fourth-order valence-corrected chi connectivity index (χ4v) is 3.36. The zero-order valence-electron chi connectivity index (χ0n) is 17.7. The molecule has 0 unspecified atom stereocenters. The summed E-state index contributed by atoms with van der Waals surface area (Å²) >= 11 is 0. The number of benzene rings is 1. The van der Waals surface area contributed by atoms with E-state index in [-0.39, 0.29) is 25.8 Å². The van der Waals surface area contributed by atoms with Crippen molar-refractivity contribution in [3.8, 4) is 5.75 Å². The summed E-state index contributed by atoms with van der Waals surface area (Å²) in [5.74, 6) is -1.08. The Kier molecular flexibility index (Phi) is 8.00. The lowest BCUT2D eigenvalue weighted by Crippen LogP contribution is -2.41. The van der Waals surface area contributed by atoms with E-state index in [2.05, 4.69) is 10.6 Å². The number of hydrogen-bond acceptors (Lipinski definition) is 6. The molecule has 5 N–H and O–H groups in total. The van der Waals surface area contributed by atoms with Crippen molar-refractivity contribution in [3.63, 3.8) is 0 Å². The van der Waals surface area contributed by atoms with Gasteiger partial charge in [0.15, 0.2) is 0 Å². The van der Waals surface area contributed by atoms with Gasteiger partial charge in [-0.2, -0.15) is 0 Å². The van der Waals surface area contributed by atoms with Gasteiger partial charge in [-0.15, -0.1) is 0 Å². The molecule has 3 amide bonds. The van der Waals surface area contributed by atoms with Crippen LogP contribution in [-0.4, -0.2) is 42.7 Å². The first-order valence-electron chi connectivity index (χ1n) is 9.81. The SMILES string of the molecule is COc1ccc2c(C)c(CCC(=O)N[C@H](CCCNC(N)=O)C(=O)O)c(=O)oc2c1C. The number of carboxylic acids is 1. The van der Waals surface area contributed by atoms with Gasteiger partial charge in [-0.3, -0.25) is 4.79 Å². The van der Waals surface area contributed by atoms with Gasteiger partial charge in [0.05, 0.1) is 7.11 Å². The zero-order valence-corrected chi connectivity index (χ0v) is 17.7. The van der Waals surface area contributed by atoms with E-state index in [4.69, 9.17) is 14.9 Å². The Balaban J connectivity index is 2.07. The summed E-state index contributed by atoms with van der Waals surface area (Å²) in [5, 5.41) is 14.8. The molecule has 0 radical (unpaired) electrons. The van der Waals surface area contributed by atoms with E-state index in [1.54, 1.807) is 26.0 Å². The van der Waals surface area contributed by atoms with Crippen LogP contribution in [0.2, 0.25) is 0 Å². The molecule has 0 aliphatic heterocycles. The van der Waals surface area contributed by atoms with Crippen LogP contribution < -0.4 is 26.7 Å². The molecule has 0 aliphatic rings. The highest BCUT2D eigenvalue weighted by atomic mass is 16.5. The zero-order chi connectivity index (χ0) is 23.1. The molecular formula is C21H27N3O7. The van der Waals surface area contributed by atoms with Crippen LogP contribution in [-0.2, 0) is 16.0 Å². The average Bonchev–Trinajstić information content (AvgIpc) is 2.70. The molecule has 1 aromatic heterocycles. The molecule has 31 heavy (non-hydrogen) atoms. The second-order valence-electron chi connectivity index (χ2n) is 7.15. The van der Waals surface area contributed by atoms with Crippen molar-refractivity contribution >= 4 is 28.9 Å². The highest BCUT2D eigenvalue weighted by molar-refractivity contribution is 5.86. The number of aliphatic carboxylic acids is 1. The van der Waals surface area contributed by atoms with Crippen LogP contribution in [0.3, 0.4) is 0 Å². The number of urea groups is 1. The third kappa shape index (κ3) is 5.97. The Hall–Kier alpha value is -3.56. The van der Waals surface area contributed by atoms with Crippen molar-refractivity contribution in [3.05, 3.63) is 39.2 Å². The lowest BCUT2D eigenvalue weighted by molar-refractivity contribution is -0.142. The second kappa shape index (κ2) is 10.5. The van der Waals surface area contributed by atoms with E-state index >= 15 is 0 Å². The summed E-state index contributed by atoms with van der Waals surface area (Å²) in [6.07, 6.45) is 0.488. The number of aryl methyl sites for hydroxylation is 2. The summed E-state index contributed by atoms with van der Waals surface area (Å²) in [6, 6.07) is 1.77. The van der Waals surface area contributed by atoms with E-state index in [1.807, 2.05) is 0 Å². The molecule has 1 heterocycles. The van der Waals surface area contributed by atoms with Crippen LogP contribution in [0, 0.1) is 13.8 Å². The number of rotatable bonds is 10. The third-order valence-electron chi connectivity index (χ3n) is 5.08. The number of amides is 3. The van der Waals surface area contributed by atoms with E-state index in [0.717, 1.165) is 5.39 Å². The molecule has 1 atom stereocenters. The minimum Gasteiger partial charge on any atom is -0.496 e. The molecule has 0 spiro atoms. The standard InChI is InChI=1S/C21H27N3O7/c1-11-13-6-8-16(30-3)12(2)18(13)31-20(28)14(11)7-9-17(25)24-15(19(26)27)5-4-10-23-21(22)29/h6,8,15H,4-5,7,9-10H2,1-3H3,(H,24,25)(H,26,27)(H3,22,23,29)/t15-/m1/s1. The lowest BCUT2D eigenvalue weighted by atomic mass is 10.00. The number of carbonyl (C=O) groups excluding carboxylic acids is 2. The molecule has 1 aromatic carbocycles. The molecular weight excluding hydrogens is 406 g/mol. The van der Waals surface area contributed by atoms with Gasteiger partial charge < -0.3 is 30.6 Å². The van der Waals surface area contributed by atoms with E-state index in [1.165, 1.54) is 7.11 Å². The normalized spacial score (nSPS) is 11.7. The Morgan fingerprint density at radius 2 is 1.94 bits per heavy atom. The van der Waals surface area contributed by atoms with Crippen LogP contribution in [0.1, 0.15) is 36.0 Å². The third-order valence-corrected chi connectivity index (χ3v) is 5.08. The van der Waals surface area contributed by atoms with Gasteiger partial charge in [0, 0.05) is 29.5 Å². The molecule has 0 saturated carbocycles. The van der Waals surface area contributed by atoms with Gasteiger partial charge in [-0.05, 0) is 50.8 Å². The number of methoxy groups -OCH3 is 1. The highest BCUT2D eigenvalue weighted by Gasteiger charge is 2.21. The van der Waals surface area contributed by atoms with Gasteiger partial charge >= 0.3 is 17.6 Å². The summed E-state index contributed by atoms with van der Waals surface area (Å²) in [7, 11) is 1.53. The van der Waals surface area contributed by atoms with E-state index in [0.29, 0.717) is 34.4 Å². The van der Waals surface area contributed by atoms with Crippen molar-refractivity contribution in [1.82, 2.24) is 10.6 Å². The molecule has 2 rings (SSSR count). The smallest absolute Gasteiger partial charge is 0.339 e. The predicted octanol–water partition coefficient (Wildman–Crippen LogP) is 1.37. The Bertz CT molecular complexity index is 1050. The van der Waals surface area contributed by atoms with Crippen LogP contribution in [0.15, 0.2) is 21.3 Å². The summed E-state index contributed by atoms with van der Waals surface area (Å²) < 4.78 is 10.7. The van der Waals surface area contributed by atoms with E-state index in [9.17, 15) is 24.3 Å². The fourth-order valence-electron chi connectivity index (χ4n) is 3.36. The minimum atomic E-state index is -1.18. The quantitative estimate of drug-likeness (QED) is 0.325. The largest absolute Gasteiger partial charge is 0.496 e. The number of primary amides is 1. The first kappa shape index (κ1) is 23.7. The van der Waals surface area contributed by atoms with Crippen LogP contribution in [0.5, 0.6) is 5.75 Å². The Labute approximate surface area is 178 Å². The van der Waals surface area contributed by atoms with Gasteiger partial charge in [0.1, 0.15) is 17.4 Å². The molecule has 0 fully saturated rings. The van der Waals surface area contributed by atoms with Crippen molar-refractivity contribution in [2.24, 2.45) is 5.73 Å². The number of hydrogen-bond donors (Lipinski definition) is 4. The predicted molar refractivity (Wildman–Crippen MR) is 113 cm³/mol. The maximum absolute atomic E-state index is 12.5. The molecule has 10 heteroatoms. The monoisotopic (exact) mass is 433 g/mol. The van der Waals surface area contributed by atoms with Gasteiger partial charge in [-0.25, -0.2) is 14.4 Å². The Morgan fingerprint density at radius 3 is 2.55 bits per heavy atom. The van der Waals surface area contributed by atoms with Gasteiger partial charge in [0.25, 0.3) is 0 Å². The molecule has 2 aromatic rings. The molecule has 0 saturated heterocycles. The molecule has 0 bridgehead atoms. The number of nitrogens with one attached hydrogen (secondary N) is 2. The lowest BCUT2D eigenvalue weighted by Gasteiger charge is -2.15. The van der Waals surface area contributed by atoms with Crippen molar-refractivity contribution < 1.29 is 28.6 Å². The molecule has 0 aliphatic carbocycles. The van der Waals surface area contributed by atoms with Crippen LogP contribution in [0.4, 0.5) is 4.79 Å². The minimum absolute atomic E-state index is 0.0738. The topological polar surface area (TPSA) is 161 Å². The van der Waals surface area contributed by atoms with E-state index < -0.39 is 29.6 Å². The number of carboxylic acid groups (broad SMARTS) is 1. The summed E-state index contributed by atoms with van der Waals surface area (Å²) in [6.45, 7) is 3.78. The van der Waals surface area contributed by atoms with Crippen molar-refractivity contribution in [2.45, 2.75) is 45.6 Å². The summed E-state index contributed by atoms with van der Waals surface area (Å²) in [5.41, 5.74) is 6.63. The van der Waals surface area contributed by atoms with Crippen LogP contribution >= 0.6 is 0 Å². The number of nitrogens with two attached hydrogens (primary N) is 1. The summed E-state index contributed by atoms with van der Waals surface area (Å²) in [4.78, 5) is 46.8. The maximum Gasteiger partial charge on any atom is 0.339 e. The van der Waals surface area contributed by atoms with Gasteiger partial charge in [0.2, 0.25) is 5.91 Å². The fraction of sp³-hybridized carbons (Fsp3) is 0.429. The number of ether oxygens (including phenoxy) is 1. The number of fused-ring (bicyclic) bond motifs is 1. The van der Waals surface area contributed by atoms with Crippen molar-refractivity contribution in [2.75, 3.05) is 13.7 Å².